The quantitative estimate of drug-likeness (QED) is 0.755. The molecule has 1 aliphatic heterocycles. The van der Waals surface area contributed by atoms with Crippen molar-refractivity contribution in [2.45, 2.75) is 45.2 Å². The molecule has 2 N–H and O–H groups in total. The molecule has 1 saturated carbocycles. The zero-order valence-corrected chi connectivity index (χ0v) is 16.8. The summed E-state index contributed by atoms with van der Waals surface area (Å²) in [5, 5.41) is 6.35. The van der Waals surface area contributed by atoms with Gasteiger partial charge in [-0.2, -0.15) is 0 Å². The molecule has 1 aliphatic carbocycles. The predicted octanol–water partition coefficient (Wildman–Crippen LogP) is 2.78. The van der Waals surface area contributed by atoms with Crippen LogP contribution in [-0.2, 0) is 17.8 Å². The number of carbonyl (C=O) groups excluding carboxylic acids is 1. The van der Waals surface area contributed by atoms with E-state index in [4.69, 9.17) is 0 Å². The van der Waals surface area contributed by atoms with Crippen LogP contribution in [0.3, 0.4) is 0 Å². The molecule has 1 aromatic rings. The van der Waals surface area contributed by atoms with Crippen molar-refractivity contribution in [3.05, 3.63) is 35.4 Å². The Morgan fingerprint density at radius 1 is 1.20 bits per heavy atom. The number of hydrogen-bond acceptors (Lipinski definition) is 3. The number of benzene rings is 1. The molecule has 3 rings (SSSR count). The maximum absolute atomic E-state index is 12.0. The highest BCUT2D eigenvalue weighted by Gasteiger charge is 2.30. The zero-order valence-electron chi connectivity index (χ0n) is 15.2. The van der Waals surface area contributed by atoms with Crippen molar-refractivity contribution in [1.29, 1.82) is 0 Å². The summed E-state index contributed by atoms with van der Waals surface area (Å²) in [6.07, 6.45) is 3.73. The Morgan fingerprint density at radius 3 is 2.56 bits per heavy atom. The number of carbonyl (C=O) groups is 1. The minimum Gasteiger partial charge on any atom is -0.353 e. The summed E-state index contributed by atoms with van der Waals surface area (Å²) in [5.74, 6) is 0.920. The Kier molecular flexibility index (Phi) is 8.69. The van der Waals surface area contributed by atoms with E-state index in [0.29, 0.717) is 13.1 Å². The largest absolute Gasteiger partial charge is 0.353 e. The Hall–Kier alpha value is -0.810. The van der Waals surface area contributed by atoms with Crippen molar-refractivity contribution in [1.82, 2.24) is 15.5 Å². The molecule has 4 nitrogen and oxygen atoms in total. The normalized spacial score (nSPS) is 17.0. The lowest BCUT2D eigenvalue weighted by Crippen LogP contribution is -2.53. The highest BCUT2D eigenvalue weighted by atomic mass is 35.5. The number of hydrogen-bond donors (Lipinski definition) is 2. The molecular formula is C19H31Cl2N3O. The summed E-state index contributed by atoms with van der Waals surface area (Å²) < 4.78 is 0. The smallest absolute Gasteiger partial charge is 0.234 e. The van der Waals surface area contributed by atoms with Crippen LogP contribution >= 0.6 is 24.8 Å². The molecule has 0 aromatic heterocycles. The molecule has 0 spiro atoms. The number of halogens is 2. The Balaban J connectivity index is 0.00000156. The predicted molar refractivity (Wildman–Crippen MR) is 108 cm³/mol. The molecule has 0 saturated heterocycles. The van der Waals surface area contributed by atoms with E-state index in [1.807, 2.05) is 0 Å². The number of nitrogens with one attached hydrogen (secondary N) is 2. The van der Waals surface area contributed by atoms with Crippen molar-refractivity contribution in [2.75, 3.05) is 26.2 Å². The summed E-state index contributed by atoms with van der Waals surface area (Å²) in [6.45, 7) is 8.59. The van der Waals surface area contributed by atoms with Gasteiger partial charge in [0.05, 0.1) is 6.54 Å². The minimum absolute atomic E-state index is 0. The van der Waals surface area contributed by atoms with Crippen LogP contribution in [0.5, 0.6) is 0 Å². The van der Waals surface area contributed by atoms with E-state index in [1.54, 1.807) is 0 Å². The fraction of sp³-hybridized carbons (Fsp3) is 0.632. The lowest BCUT2D eigenvalue weighted by atomic mass is 9.94. The Bertz CT molecular complexity index is 561. The maximum atomic E-state index is 12.0. The molecular weight excluding hydrogens is 357 g/mol. The second kappa shape index (κ2) is 9.77. The van der Waals surface area contributed by atoms with E-state index in [9.17, 15) is 4.79 Å². The van der Waals surface area contributed by atoms with Crippen LogP contribution in [-0.4, -0.2) is 42.5 Å². The molecule has 6 heteroatoms. The van der Waals surface area contributed by atoms with Gasteiger partial charge in [-0.3, -0.25) is 9.69 Å². The molecule has 1 fully saturated rings. The lowest BCUT2D eigenvalue weighted by Gasteiger charge is -2.41. The third-order valence-electron chi connectivity index (χ3n) is 5.12. The van der Waals surface area contributed by atoms with Crippen LogP contribution in [0.1, 0.15) is 37.8 Å². The van der Waals surface area contributed by atoms with Crippen LogP contribution in [0.2, 0.25) is 0 Å². The molecule has 0 bridgehead atoms. The molecule has 2 aliphatic rings. The highest BCUT2D eigenvalue weighted by Crippen LogP contribution is 2.27. The molecule has 0 atom stereocenters. The van der Waals surface area contributed by atoms with Crippen LogP contribution in [0.15, 0.2) is 24.3 Å². The maximum Gasteiger partial charge on any atom is 0.234 e. The van der Waals surface area contributed by atoms with Crippen LogP contribution < -0.4 is 10.6 Å². The standard InChI is InChI=1S/C19H29N3O.2ClH/c1-19(2,14-21-18(23)12-20-11-15-7-8-15)22-10-9-16-5-3-4-6-17(16)13-22;;/h3-6,15,20H,7-14H2,1-2H3,(H,21,23);2*1H. The van der Waals surface area contributed by atoms with Crippen LogP contribution in [0.25, 0.3) is 0 Å². The number of fused-ring (bicyclic) bond motifs is 1. The van der Waals surface area contributed by atoms with Gasteiger partial charge in [0, 0.05) is 25.2 Å². The fourth-order valence-electron chi connectivity index (χ4n) is 3.21. The summed E-state index contributed by atoms with van der Waals surface area (Å²) >= 11 is 0. The molecule has 25 heavy (non-hydrogen) atoms. The SMILES string of the molecule is CC(C)(CNC(=O)CNCC1CC1)N1CCc2ccccc2C1.Cl.Cl. The monoisotopic (exact) mass is 387 g/mol. The van der Waals surface area contributed by atoms with E-state index < -0.39 is 0 Å². The second-order valence-electron chi connectivity index (χ2n) is 7.60. The van der Waals surface area contributed by atoms with E-state index in [0.717, 1.165) is 32.0 Å². The molecule has 1 heterocycles. The van der Waals surface area contributed by atoms with Gasteiger partial charge >= 0.3 is 0 Å². The van der Waals surface area contributed by atoms with E-state index in [2.05, 4.69) is 53.6 Å². The van der Waals surface area contributed by atoms with E-state index >= 15 is 0 Å². The van der Waals surface area contributed by atoms with Gasteiger partial charge in [-0.05, 0) is 56.7 Å². The van der Waals surface area contributed by atoms with E-state index in [1.165, 1.54) is 24.0 Å². The zero-order chi connectivity index (χ0) is 16.3. The molecule has 0 unspecified atom stereocenters. The van der Waals surface area contributed by atoms with E-state index in [-0.39, 0.29) is 36.3 Å². The summed E-state index contributed by atoms with van der Waals surface area (Å²) in [4.78, 5) is 14.5. The summed E-state index contributed by atoms with van der Waals surface area (Å²) in [5.41, 5.74) is 2.86. The average molecular weight is 388 g/mol. The first-order valence-corrected chi connectivity index (χ1v) is 8.84. The first kappa shape index (κ1) is 22.2. The van der Waals surface area contributed by atoms with Crippen molar-refractivity contribution < 1.29 is 4.79 Å². The number of amides is 1. The fourth-order valence-corrected chi connectivity index (χ4v) is 3.21. The van der Waals surface area contributed by atoms with Gasteiger partial charge < -0.3 is 10.6 Å². The van der Waals surface area contributed by atoms with Gasteiger partial charge in [-0.15, -0.1) is 24.8 Å². The summed E-state index contributed by atoms with van der Waals surface area (Å²) in [6, 6.07) is 8.68. The van der Waals surface area contributed by atoms with Gasteiger partial charge in [0.1, 0.15) is 0 Å². The lowest BCUT2D eigenvalue weighted by molar-refractivity contribution is -0.120. The van der Waals surface area contributed by atoms with Crippen molar-refractivity contribution in [2.24, 2.45) is 5.92 Å². The van der Waals surface area contributed by atoms with Crippen LogP contribution in [0.4, 0.5) is 0 Å². The Morgan fingerprint density at radius 2 is 1.88 bits per heavy atom. The van der Waals surface area contributed by atoms with Gasteiger partial charge in [0.2, 0.25) is 5.91 Å². The van der Waals surface area contributed by atoms with Crippen molar-refractivity contribution in [3.63, 3.8) is 0 Å². The third kappa shape index (κ3) is 6.45. The minimum atomic E-state index is -0.0281. The topological polar surface area (TPSA) is 44.4 Å². The van der Waals surface area contributed by atoms with Gasteiger partial charge in [-0.1, -0.05) is 24.3 Å². The van der Waals surface area contributed by atoms with Crippen LogP contribution in [0, 0.1) is 5.92 Å². The molecule has 142 valence electrons. The molecule has 1 amide bonds. The first-order chi connectivity index (χ1) is 11.0. The van der Waals surface area contributed by atoms with Gasteiger partial charge in [-0.25, -0.2) is 0 Å². The third-order valence-corrected chi connectivity index (χ3v) is 5.12. The van der Waals surface area contributed by atoms with Crippen molar-refractivity contribution >= 4 is 30.7 Å². The molecule has 0 radical (unpaired) electrons. The van der Waals surface area contributed by atoms with Crippen molar-refractivity contribution in [3.8, 4) is 0 Å². The molecule has 1 aromatic carbocycles. The van der Waals surface area contributed by atoms with Gasteiger partial charge in [0.15, 0.2) is 0 Å². The average Bonchev–Trinajstić information content (AvgIpc) is 3.37. The number of rotatable bonds is 7. The second-order valence-corrected chi connectivity index (χ2v) is 7.60. The summed E-state index contributed by atoms with van der Waals surface area (Å²) in [7, 11) is 0. The van der Waals surface area contributed by atoms with Gasteiger partial charge in [0.25, 0.3) is 0 Å². The Labute approximate surface area is 163 Å². The highest BCUT2D eigenvalue weighted by molar-refractivity contribution is 5.85. The number of nitrogens with zero attached hydrogens (tertiary/aromatic N) is 1. The first-order valence-electron chi connectivity index (χ1n) is 8.84.